The van der Waals surface area contributed by atoms with Gasteiger partial charge in [-0.05, 0) is 25.3 Å². The van der Waals surface area contributed by atoms with Gasteiger partial charge in [-0.15, -0.1) is 13.2 Å². The van der Waals surface area contributed by atoms with Crippen molar-refractivity contribution in [3.8, 4) is 5.75 Å². The fourth-order valence-corrected chi connectivity index (χ4v) is 2.56. The molecule has 0 spiro atoms. The molecule has 2 atom stereocenters. The van der Waals surface area contributed by atoms with Gasteiger partial charge >= 0.3 is 6.36 Å². The number of para-hydroxylation sites is 1. The first-order valence-electron chi connectivity index (χ1n) is 6.10. The van der Waals surface area contributed by atoms with Gasteiger partial charge < -0.3 is 10.5 Å². The minimum Gasteiger partial charge on any atom is -0.405 e. The molecule has 1 aromatic rings. The smallest absolute Gasteiger partial charge is 0.405 e. The molecule has 2 nitrogen and oxygen atoms in total. The zero-order valence-electron chi connectivity index (χ0n) is 10.2. The first-order valence-corrected chi connectivity index (χ1v) is 6.10. The van der Waals surface area contributed by atoms with Crippen LogP contribution in [0.2, 0.25) is 0 Å². The van der Waals surface area contributed by atoms with Crippen molar-refractivity contribution in [2.45, 2.75) is 43.8 Å². The average molecular weight is 277 g/mol. The normalized spacial score (nSPS) is 28.2. The molecule has 0 saturated heterocycles. The van der Waals surface area contributed by atoms with E-state index in [1.807, 2.05) is 0 Å². The lowest BCUT2D eigenvalue weighted by atomic mass is 9.78. The summed E-state index contributed by atoms with van der Waals surface area (Å²) >= 11 is 0. The fourth-order valence-electron chi connectivity index (χ4n) is 2.56. The standard InChI is InChI=1S/C13H15F4NO/c14-12(7-3-4-9(18)8-12)10-5-1-2-6-11(10)19-13(15,16)17/h1-2,5-6,9H,3-4,7-8,18H2. The van der Waals surface area contributed by atoms with Crippen LogP contribution in [-0.2, 0) is 5.67 Å². The maximum Gasteiger partial charge on any atom is 0.573 e. The number of ether oxygens (including phenoxy) is 1. The molecule has 1 fully saturated rings. The molecule has 0 amide bonds. The molecule has 1 aromatic carbocycles. The van der Waals surface area contributed by atoms with Crippen LogP contribution in [0.25, 0.3) is 0 Å². The lowest BCUT2D eigenvalue weighted by molar-refractivity contribution is -0.275. The van der Waals surface area contributed by atoms with Gasteiger partial charge in [0.2, 0.25) is 0 Å². The number of hydrogen-bond donors (Lipinski definition) is 1. The van der Waals surface area contributed by atoms with Gasteiger partial charge in [0.05, 0.1) is 0 Å². The van der Waals surface area contributed by atoms with E-state index in [1.54, 1.807) is 0 Å². The third-order valence-corrected chi connectivity index (χ3v) is 3.33. The van der Waals surface area contributed by atoms with Gasteiger partial charge in [0.25, 0.3) is 0 Å². The quantitative estimate of drug-likeness (QED) is 0.837. The molecule has 0 radical (unpaired) electrons. The van der Waals surface area contributed by atoms with Crippen LogP contribution >= 0.6 is 0 Å². The van der Waals surface area contributed by atoms with Gasteiger partial charge in [0.1, 0.15) is 11.4 Å². The molecule has 1 saturated carbocycles. The Morgan fingerprint density at radius 1 is 1.26 bits per heavy atom. The highest BCUT2D eigenvalue weighted by Crippen LogP contribution is 2.44. The monoisotopic (exact) mass is 277 g/mol. The Kier molecular flexibility index (Phi) is 3.71. The Labute approximate surface area is 108 Å². The minimum atomic E-state index is -4.83. The Bertz CT molecular complexity index is 449. The second-order valence-corrected chi connectivity index (χ2v) is 4.87. The summed E-state index contributed by atoms with van der Waals surface area (Å²) in [5, 5.41) is 0. The predicted octanol–water partition coefficient (Wildman–Crippen LogP) is 3.65. The van der Waals surface area contributed by atoms with E-state index >= 15 is 0 Å². The van der Waals surface area contributed by atoms with E-state index in [1.165, 1.54) is 18.2 Å². The van der Waals surface area contributed by atoms with Crippen LogP contribution in [0.5, 0.6) is 5.75 Å². The SMILES string of the molecule is NC1CCCC(F)(c2ccccc2OC(F)(F)F)C1. The van der Waals surface area contributed by atoms with Crippen LogP contribution in [0.3, 0.4) is 0 Å². The second-order valence-electron chi connectivity index (χ2n) is 4.87. The van der Waals surface area contributed by atoms with Crippen molar-refractivity contribution in [2.24, 2.45) is 5.73 Å². The molecule has 0 aliphatic heterocycles. The van der Waals surface area contributed by atoms with Gasteiger partial charge in [-0.3, -0.25) is 0 Å². The third-order valence-electron chi connectivity index (χ3n) is 3.33. The van der Waals surface area contributed by atoms with Crippen molar-refractivity contribution in [1.29, 1.82) is 0 Å². The van der Waals surface area contributed by atoms with E-state index in [-0.39, 0.29) is 24.4 Å². The van der Waals surface area contributed by atoms with Crippen LogP contribution in [0.1, 0.15) is 31.2 Å². The van der Waals surface area contributed by atoms with E-state index in [0.717, 1.165) is 6.07 Å². The molecule has 6 heteroatoms. The van der Waals surface area contributed by atoms with Crippen LogP contribution in [-0.4, -0.2) is 12.4 Å². The van der Waals surface area contributed by atoms with Crippen molar-refractivity contribution in [3.63, 3.8) is 0 Å². The number of alkyl halides is 4. The number of benzene rings is 1. The highest BCUT2D eigenvalue weighted by Gasteiger charge is 2.41. The molecule has 1 aliphatic carbocycles. The van der Waals surface area contributed by atoms with Gasteiger partial charge in [-0.1, -0.05) is 18.2 Å². The molecule has 2 N–H and O–H groups in total. The number of hydrogen-bond acceptors (Lipinski definition) is 2. The molecule has 0 aromatic heterocycles. The molecule has 19 heavy (non-hydrogen) atoms. The van der Waals surface area contributed by atoms with Crippen LogP contribution in [0, 0.1) is 0 Å². The third kappa shape index (κ3) is 3.37. The average Bonchev–Trinajstić information content (AvgIpc) is 2.27. The van der Waals surface area contributed by atoms with Crippen LogP contribution in [0.15, 0.2) is 24.3 Å². The molecule has 0 bridgehead atoms. The van der Waals surface area contributed by atoms with Crippen LogP contribution in [0.4, 0.5) is 17.6 Å². The number of nitrogens with two attached hydrogens (primary N) is 1. The Balaban J connectivity index is 2.33. The molecule has 2 rings (SSSR count). The van der Waals surface area contributed by atoms with Crippen molar-refractivity contribution in [2.75, 3.05) is 0 Å². The van der Waals surface area contributed by atoms with Gasteiger partial charge in [0.15, 0.2) is 0 Å². The van der Waals surface area contributed by atoms with Gasteiger partial charge in [0, 0.05) is 18.0 Å². The lowest BCUT2D eigenvalue weighted by Crippen LogP contribution is -2.36. The summed E-state index contributed by atoms with van der Waals surface area (Å²) in [5.41, 5.74) is 3.81. The number of halogens is 4. The first kappa shape index (κ1) is 14.1. The minimum absolute atomic E-state index is 0.0191. The maximum atomic E-state index is 14.9. The molecule has 1 aliphatic rings. The van der Waals surface area contributed by atoms with Crippen molar-refractivity contribution < 1.29 is 22.3 Å². The summed E-state index contributed by atoms with van der Waals surface area (Å²) in [6.07, 6.45) is -3.40. The second kappa shape index (κ2) is 5.00. The Morgan fingerprint density at radius 2 is 1.95 bits per heavy atom. The molecule has 0 heterocycles. The highest BCUT2D eigenvalue weighted by molar-refractivity contribution is 5.38. The topological polar surface area (TPSA) is 35.2 Å². The summed E-state index contributed by atoms with van der Waals surface area (Å²) in [6.45, 7) is 0. The van der Waals surface area contributed by atoms with E-state index in [0.29, 0.717) is 12.8 Å². The maximum absolute atomic E-state index is 14.9. The van der Waals surface area contributed by atoms with Crippen molar-refractivity contribution in [3.05, 3.63) is 29.8 Å². The first-order chi connectivity index (χ1) is 8.80. The molecular weight excluding hydrogens is 262 g/mol. The van der Waals surface area contributed by atoms with Crippen LogP contribution < -0.4 is 10.5 Å². The number of rotatable bonds is 2. The predicted molar refractivity (Wildman–Crippen MR) is 62.4 cm³/mol. The van der Waals surface area contributed by atoms with E-state index < -0.39 is 17.8 Å². The summed E-state index contributed by atoms with van der Waals surface area (Å²) < 4.78 is 55.7. The zero-order chi connectivity index (χ0) is 14.1. The summed E-state index contributed by atoms with van der Waals surface area (Å²) in [6, 6.07) is 5.01. The fraction of sp³-hybridized carbons (Fsp3) is 0.538. The van der Waals surface area contributed by atoms with Crippen molar-refractivity contribution in [1.82, 2.24) is 0 Å². The largest absolute Gasteiger partial charge is 0.573 e. The highest BCUT2D eigenvalue weighted by atomic mass is 19.4. The van der Waals surface area contributed by atoms with Crippen molar-refractivity contribution >= 4 is 0 Å². The summed E-state index contributed by atoms with van der Waals surface area (Å²) in [7, 11) is 0. The summed E-state index contributed by atoms with van der Waals surface area (Å²) in [5.74, 6) is -0.480. The van der Waals surface area contributed by atoms with Gasteiger partial charge in [-0.25, -0.2) is 4.39 Å². The molecular formula is C13H15F4NO. The summed E-state index contributed by atoms with van der Waals surface area (Å²) in [4.78, 5) is 0. The Hall–Kier alpha value is -1.30. The Morgan fingerprint density at radius 3 is 2.58 bits per heavy atom. The molecule has 106 valence electrons. The van der Waals surface area contributed by atoms with E-state index in [2.05, 4.69) is 4.74 Å². The molecule has 2 unspecified atom stereocenters. The zero-order valence-corrected chi connectivity index (χ0v) is 10.2. The lowest BCUT2D eigenvalue weighted by Gasteiger charge is -2.34. The van der Waals surface area contributed by atoms with E-state index in [9.17, 15) is 17.6 Å². The van der Waals surface area contributed by atoms with Gasteiger partial charge in [-0.2, -0.15) is 0 Å². The van der Waals surface area contributed by atoms with E-state index in [4.69, 9.17) is 5.73 Å².